The lowest BCUT2D eigenvalue weighted by atomic mass is 9.96. The maximum Gasteiger partial charge on any atom is 0.0638 e. The van der Waals surface area contributed by atoms with Gasteiger partial charge in [0.25, 0.3) is 0 Å². The molecule has 0 saturated carbocycles. The highest BCUT2D eigenvalue weighted by molar-refractivity contribution is 4.96. The summed E-state index contributed by atoms with van der Waals surface area (Å²) >= 11 is 0. The molecule has 1 N–H and O–H groups in total. The number of piperazine rings is 1. The van der Waals surface area contributed by atoms with E-state index in [1.54, 1.807) is 0 Å². The van der Waals surface area contributed by atoms with Gasteiger partial charge in [-0.15, -0.1) is 0 Å². The van der Waals surface area contributed by atoms with Crippen LogP contribution in [0.5, 0.6) is 0 Å². The summed E-state index contributed by atoms with van der Waals surface area (Å²) in [6.07, 6.45) is 0.626. The second-order valence-electron chi connectivity index (χ2n) is 5.05. The molecule has 3 nitrogen and oxygen atoms in total. The lowest BCUT2D eigenvalue weighted by molar-refractivity contribution is 0.0692. The predicted molar refractivity (Wildman–Crippen MR) is 57.9 cm³/mol. The number of hydrogen-bond acceptors (Lipinski definition) is 3. The molecule has 1 aliphatic heterocycles. The molecule has 0 aromatic heterocycles. The zero-order valence-corrected chi connectivity index (χ0v) is 9.67. The molecule has 0 radical (unpaired) electrons. The first kappa shape index (κ1) is 11.5. The van der Waals surface area contributed by atoms with Crippen molar-refractivity contribution in [2.24, 2.45) is 0 Å². The Bertz CT molecular complexity index is 227. The molecule has 1 atom stereocenters. The van der Waals surface area contributed by atoms with Gasteiger partial charge < -0.3 is 5.32 Å². The molecule has 80 valence electrons. The van der Waals surface area contributed by atoms with Crippen LogP contribution in [0.1, 0.15) is 34.1 Å². The van der Waals surface area contributed by atoms with Crippen LogP contribution >= 0.6 is 0 Å². The summed E-state index contributed by atoms with van der Waals surface area (Å²) < 4.78 is 0. The zero-order valence-electron chi connectivity index (χ0n) is 9.67. The van der Waals surface area contributed by atoms with Crippen LogP contribution in [0.3, 0.4) is 0 Å². The van der Waals surface area contributed by atoms with E-state index in [4.69, 9.17) is 5.26 Å². The van der Waals surface area contributed by atoms with E-state index < -0.39 is 0 Å². The largest absolute Gasteiger partial charge is 0.309 e. The van der Waals surface area contributed by atoms with Crippen LogP contribution in [0.4, 0.5) is 0 Å². The quantitative estimate of drug-likeness (QED) is 0.723. The molecule has 14 heavy (non-hydrogen) atoms. The van der Waals surface area contributed by atoms with E-state index in [1.807, 2.05) is 0 Å². The first-order valence-corrected chi connectivity index (χ1v) is 5.34. The van der Waals surface area contributed by atoms with E-state index >= 15 is 0 Å². The molecule has 0 bridgehead atoms. The van der Waals surface area contributed by atoms with E-state index in [-0.39, 0.29) is 5.54 Å². The number of nitrogens with one attached hydrogen (secondary N) is 1. The molecule has 0 aliphatic carbocycles. The monoisotopic (exact) mass is 195 g/mol. The molecule has 1 heterocycles. The first-order valence-electron chi connectivity index (χ1n) is 5.34. The summed E-state index contributed by atoms with van der Waals surface area (Å²) in [6, 6.07) is 3.17. The third kappa shape index (κ3) is 2.70. The van der Waals surface area contributed by atoms with E-state index in [0.717, 1.165) is 13.1 Å². The Kier molecular flexibility index (Phi) is 3.52. The van der Waals surface area contributed by atoms with Crippen molar-refractivity contribution in [3.05, 3.63) is 0 Å². The van der Waals surface area contributed by atoms with Crippen molar-refractivity contribution in [1.29, 1.82) is 5.26 Å². The van der Waals surface area contributed by atoms with Crippen LogP contribution < -0.4 is 5.32 Å². The molecule has 0 spiro atoms. The van der Waals surface area contributed by atoms with Gasteiger partial charge in [0, 0.05) is 30.7 Å². The summed E-state index contributed by atoms with van der Waals surface area (Å²) in [5.41, 5.74) is 0.177. The number of nitrogens with zero attached hydrogens (tertiary/aromatic N) is 2. The van der Waals surface area contributed by atoms with Gasteiger partial charge in [0.15, 0.2) is 0 Å². The Morgan fingerprint density at radius 1 is 1.57 bits per heavy atom. The zero-order chi connectivity index (χ0) is 10.8. The number of hydrogen-bond donors (Lipinski definition) is 1. The predicted octanol–water partition coefficient (Wildman–Crippen LogP) is 1.36. The molecular weight excluding hydrogens is 174 g/mol. The minimum Gasteiger partial charge on any atom is -0.309 e. The van der Waals surface area contributed by atoms with Crippen molar-refractivity contribution in [1.82, 2.24) is 10.2 Å². The highest BCUT2D eigenvalue weighted by atomic mass is 15.3. The maximum atomic E-state index is 8.74. The molecule has 0 amide bonds. The Hall–Kier alpha value is -0.590. The molecule has 3 heteroatoms. The summed E-state index contributed by atoms with van der Waals surface area (Å²) in [7, 11) is 0. The van der Waals surface area contributed by atoms with Crippen LogP contribution in [-0.2, 0) is 0 Å². The van der Waals surface area contributed by atoms with E-state index in [9.17, 15) is 0 Å². The third-order valence-electron chi connectivity index (χ3n) is 2.85. The molecule has 1 fully saturated rings. The van der Waals surface area contributed by atoms with Crippen molar-refractivity contribution in [3.63, 3.8) is 0 Å². The van der Waals surface area contributed by atoms with E-state index in [2.05, 4.69) is 44.0 Å². The van der Waals surface area contributed by atoms with Crippen molar-refractivity contribution in [2.75, 3.05) is 13.1 Å². The van der Waals surface area contributed by atoms with Crippen molar-refractivity contribution in [2.45, 2.75) is 51.7 Å². The minimum atomic E-state index is 0.177. The Morgan fingerprint density at radius 2 is 2.21 bits per heavy atom. The van der Waals surface area contributed by atoms with Gasteiger partial charge in [-0.3, -0.25) is 4.90 Å². The van der Waals surface area contributed by atoms with Crippen molar-refractivity contribution in [3.8, 4) is 6.07 Å². The van der Waals surface area contributed by atoms with Gasteiger partial charge in [0.2, 0.25) is 0 Å². The van der Waals surface area contributed by atoms with E-state index in [0.29, 0.717) is 18.5 Å². The second-order valence-corrected chi connectivity index (χ2v) is 5.05. The summed E-state index contributed by atoms with van der Waals surface area (Å²) in [5, 5.41) is 12.2. The van der Waals surface area contributed by atoms with Gasteiger partial charge in [-0.25, -0.2) is 0 Å². The lowest BCUT2D eigenvalue weighted by Crippen LogP contribution is -2.63. The average Bonchev–Trinajstić information content (AvgIpc) is 2.08. The van der Waals surface area contributed by atoms with Gasteiger partial charge in [-0.05, 0) is 27.7 Å². The molecule has 0 aromatic rings. The van der Waals surface area contributed by atoms with Gasteiger partial charge in [0.05, 0.1) is 12.5 Å². The maximum absolute atomic E-state index is 8.74. The highest BCUT2D eigenvalue weighted by Crippen LogP contribution is 2.19. The van der Waals surface area contributed by atoms with E-state index in [1.165, 1.54) is 0 Å². The molecular formula is C11H21N3. The van der Waals surface area contributed by atoms with Gasteiger partial charge in [-0.2, -0.15) is 5.26 Å². The molecule has 1 saturated heterocycles. The standard InChI is InChI=1S/C11H21N3/c1-9(2)14-8-11(3,4)13-7-10(14)5-6-12/h9-10,13H,5,7-8H2,1-4H3. The van der Waals surface area contributed by atoms with Crippen LogP contribution in [0.15, 0.2) is 0 Å². The Balaban J connectivity index is 2.67. The smallest absolute Gasteiger partial charge is 0.0638 e. The van der Waals surface area contributed by atoms with Gasteiger partial charge in [-0.1, -0.05) is 0 Å². The minimum absolute atomic E-state index is 0.177. The molecule has 1 aliphatic rings. The van der Waals surface area contributed by atoms with Gasteiger partial charge >= 0.3 is 0 Å². The average molecular weight is 195 g/mol. The fraction of sp³-hybridized carbons (Fsp3) is 0.909. The van der Waals surface area contributed by atoms with Crippen LogP contribution in [0, 0.1) is 11.3 Å². The number of rotatable bonds is 2. The topological polar surface area (TPSA) is 39.1 Å². The second kappa shape index (κ2) is 4.29. The molecule has 0 aromatic carbocycles. The normalized spacial score (nSPS) is 27.6. The van der Waals surface area contributed by atoms with Crippen LogP contribution in [0.2, 0.25) is 0 Å². The number of nitriles is 1. The molecule has 1 unspecified atom stereocenters. The molecule has 1 rings (SSSR count). The first-order chi connectivity index (χ1) is 6.46. The Morgan fingerprint density at radius 3 is 2.71 bits per heavy atom. The van der Waals surface area contributed by atoms with Crippen LogP contribution in [0.25, 0.3) is 0 Å². The SMILES string of the molecule is CC(C)N1CC(C)(C)NCC1CC#N. The van der Waals surface area contributed by atoms with Gasteiger partial charge in [0.1, 0.15) is 0 Å². The van der Waals surface area contributed by atoms with Crippen molar-refractivity contribution >= 4 is 0 Å². The highest BCUT2D eigenvalue weighted by Gasteiger charge is 2.33. The fourth-order valence-corrected chi connectivity index (χ4v) is 2.05. The summed E-state index contributed by atoms with van der Waals surface area (Å²) in [6.45, 7) is 10.8. The third-order valence-corrected chi connectivity index (χ3v) is 2.85. The lowest BCUT2D eigenvalue weighted by Gasteiger charge is -2.46. The fourth-order valence-electron chi connectivity index (χ4n) is 2.05. The Labute approximate surface area is 87.1 Å². The summed E-state index contributed by atoms with van der Waals surface area (Å²) in [4.78, 5) is 2.43. The van der Waals surface area contributed by atoms with Crippen LogP contribution in [-0.4, -0.2) is 35.6 Å². The van der Waals surface area contributed by atoms with Crippen molar-refractivity contribution < 1.29 is 0 Å². The summed E-state index contributed by atoms with van der Waals surface area (Å²) in [5.74, 6) is 0.